The maximum Gasteiger partial charge on any atom is 0.189 e. The highest BCUT2D eigenvalue weighted by Crippen LogP contribution is 2.20. The van der Waals surface area contributed by atoms with Crippen molar-refractivity contribution < 1.29 is 39.5 Å². The van der Waals surface area contributed by atoms with Crippen molar-refractivity contribution in [2.45, 2.75) is 24.8 Å². The number of ether oxygens (including phenoxy) is 4. The van der Waals surface area contributed by atoms with E-state index >= 15 is 0 Å². The van der Waals surface area contributed by atoms with Crippen molar-refractivity contribution in [2.75, 3.05) is 53.2 Å². The Morgan fingerprint density at radius 2 is 1.73 bits per heavy atom. The molecule has 0 saturated carbocycles. The molecule has 10 heteroatoms. The number of likely N-dealkylation sites (N-methyl/N-ethyl adjacent to an activating group) is 1. The second-order valence-electron chi connectivity index (χ2n) is 4.63. The van der Waals surface area contributed by atoms with Gasteiger partial charge in [0.2, 0.25) is 0 Å². The molecular weight excluding hydrogens is 300 g/mol. The molecule has 0 aromatic heterocycles. The average Bonchev–Trinajstić information content (AvgIpc) is 2.53. The molecule has 0 bridgehead atoms. The SMILES string of the molecule is CNCCOCCOCCOC1OC(CO)N(O)[C@@H](O)C1O. The van der Waals surface area contributed by atoms with Crippen LogP contribution >= 0.6 is 0 Å². The van der Waals surface area contributed by atoms with Crippen LogP contribution in [0.15, 0.2) is 0 Å². The van der Waals surface area contributed by atoms with Gasteiger partial charge in [0.25, 0.3) is 0 Å². The molecule has 1 fully saturated rings. The maximum atomic E-state index is 9.69. The van der Waals surface area contributed by atoms with Gasteiger partial charge in [0.15, 0.2) is 18.7 Å². The van der Waals surface area contributed by atoms with Crippen molar-refractivity contribution >= 4 is 0 Å². The lowest BCUT2D eigenvalue weighted by Crippen LogP contribution is -2.61. The molecule has 0 spiro atoms. The molecule has 3 unspecified atom stereocenters. The van der Waals surface area contributed by atoms with E-state index in [1.165, 1.54) is 0 Å². The van der Waals surface area contributed by atoms with Crippen LogP contribution in [0.5, 0.6) is 0 Å². The number of rotatable bonds is 11. The summed E-state index contributed by atoms with van der Waals surface area (Å²) in [4.78, 5) is 0. The van der Waals surface area contributed by atoms with Gasteiger partial charge in [0.05, 0.1) is 39.6 Å². The smallest absolute Gasteiger partial charge is 0.189 e. The Morgan fingerprint density at radius 1 is 1.09 bits per heavy atom. The van der Waals surface area contributed by atoms with Gasteiger partial charge in [-0.15, -0.1) is 5.06 Å². The van der Waals surface area contributed by atoms with Gasteiger partial charge in [-0.3, -0.25) is 0 Å². The molecule has 1 heterocycles. The molecular formula is C12H26N2O8. The molecule has 0 aliphatic carbocycles. The van der Waals surface area contributed by atoms with Crippen LogP contribution in [0.25, 0.3) is 0 Å². The third kappa shape index (κ3) is 6.38. The number of aliphatic hydroxyl groups is 3. The zero-order valence-electron chi connectivity index (χ0n) is 12.6. The molecule has 0 radical (unpaired) electrons. The van der Waals surface area contributed by atoms with E-state index in [2.05, 4.69) is 5.32 Å². The van der Waals surface area contributed by atoms with E-state index in [0.717, 1.165) is 6.54 Å². The predicted molar refractivity (Wildman–Crippen MR) is 72.9 cm³/mol. The number of hydroxylamine groups is 2. The second-order valence-corrected chi connectivity index (χ2v) is 4.63. The third-order valence-electron chi connectivity index (χ3n) is 2.98. The first-order valence-electron chi connectivity index (χ1n) is 7.13. The van der Waals surface area contributed by atoms with Crippen LogP contribution in [0, 0.1) is 0 Å². The van der Waals surface area contributed by atoms with E-state index in [-0.39, 0.29) is 13.2 Å². The summed E-state index contributed by atoms with van der Waals surface area (Å²) in [5.41, 5.74) is 0. The minimum Gasteiger partial charge on any atom is -0.392 e. The minimum atomic E-state index is -1.60. The molecule has 0 aromatic carbocycles. The Morgan fingerprint density at radius 3 is 2.36 bits per heavy atom. The molecule has 1 rings (SSSR count). The van der Waals surface area contributed by atoms with E-state index in [4.69, 9.17) is 24.1 Å². The molecule has 1 aliphatic heterocycles. The number of nitrogens with one attached hydrogen (secondary N) is 1. The van der Waals surface area contributed by atoms with E-state index in [1.807, 2.05) is 7.05 Å². The van der Waals surface area contributed by atoms with E-state index in [0.29, 0.717) is 24.9 Å². The molecule has 132 valence electrons. The van der Waals surface area contributed by atoms with Gasteiger partial charge in [-0.25, -0.2) is 0 Å². The molecule has 10 nitrogen and oxygen atoms in total. The van der Waals surface area contributed by atoms with Crippen LogP contribution < -0.4 is 5.32 Å². The zero-order chi connectivity index (χ0) is 16.4. The highest BCUT2D eigenvalue weighted by Gasteiger charge is 2.42. The summed E-state index contributed by atoms with van der Waals surface area (Å²) in [5, 5.41) is 40.9. The molecule has 1 aliphatic rings. The monoisotopic (exact) mass is 326 g/mol. The first kappa shape index (κ1) is 19.6. The van der Waals surface area contributed by atoms with Crippen LogP contribution in [0.3, 0.4) is 0 Å². The lowest BCUT2D eigenvalue weighted by molar-refractivity contribution is -0.398. The highest BCUT2D eigenvalue weighted by molar-refractivity contribution is 4.76. The summed E-state index contributed by atoms with van der Waals surface area (Å²) in [6, 6.07) is 0. The van der Waals surface area contributed by atoms with Crippen LogP contribution in [0.1, 0.15) is 0 Å². The first-order valence-corrected chi connectivity index (χ1v) is 7.13. The Hall–Kier alpha value is -0.400. The third-order valence-corrected chi connectivity index (χ3v) is 2.98. The molecule has 0 aromatic rings. The summed E-state index contributed by atoms with van der Waals surface area (Å²) >= 11 is 0. The zero-order valence-corrected chi connectivity index (χ0v) is 12.6. The van der Waals surface area contributed by atoms with Gasteiger partial charge < -0.3 is 44.8 Å². The van der Waals surface area contributed by atoms with Crippen LogP contribution in [0.2, 0.25) is 0 Å². The minimum absolute atomic E-state index is 0.120. The standard InChI is InChI=1S/C12H26N2O8/c1-13-2-3-19-4-5-20-6-7-21-12-10(16)11(17)14(18)9(8-15)22-12/h9-13,15-18H,2-8H2,1H3/t9?,10?,11-,12?/m0/s1. The Bertz CT molecular complexity index is 284. The van der Waals surface area contributed by atoms with Crippen molar-refractivity contribution in [3.05, 3.63) is 0 Å². The van der Waals surface area contributed by atoms with Crippen molar-refractivity contribution in [2.24, 2.45) is 0 Å². The quantitative estimate of drug-likeness (QED) is 0.255. The maximum absolute atomic E-state index is 9.69. The van der Waals surface area contributed by atoms with Gasteiger partial charge >= 0.3 is 0 Å². The summed E-state index contributed by atoms with van der Waals surface area (Å²) in [6.07, 6.45) is -5.38. The van der Waals surface area contributed by atoms with Crippen molar-refractivity contribution in [1.29, 1.82) is 0 Å². The van der Waals surface area contributed by atoms with Crippen LogP contribution in [-0.4, -0.2) is 104 Å². The average molecular weight is 326 g/mol. The Kier molecular flexibility index (Phi) is 9.99. The fraction of sp³-hybridized carbons (Fsp3) is 1.00. The Labute approximate surface area is 129 Å². The van der Waals surface area contributed by atoms with Crippen molar-refractivity contribution in [3.8, 4) is 0 Å². The second kappa shape index (κ2) is 11.2. The van der Waals surface area contributed by atoms with Gasteiger partial charge in [-0.1, -0.05) is 0 Å². The first-order chi connectivity index (χ1) is 10.6. The molecule has 0 amide bonds. The summed E-state index contributed by atoms with van der Waals surface area (Å²) in [5.74, 6) is 0. The van der Waals surface area contributed by atoms with Crippen LogP contribution in [0.4, 0.5) is 0 Å². The number of nitrogens with zero attached hydrogens (tertiary/aromatic N) is 1. The number of hydrogen-bond donors (Lipinski definition) is 5. The summed E-state index contributed by atoms with van der Waals surface area (Å²) in [6.45, 7) is 2.08. The molecule has 4 atom stereocenters. The van der Waals surface area contributed by atoms with Crippen molar-refractivity contribution in [1.82, 2.24) is 10.4 Å². The Balaban J connectivity index is 2.11. The van der Waals surface area contributed by atoms with E-state index in [1.54, 1.807) is 0 Å². The molecule has 1 saturated heterocycles. The van der Waals surface area contributed by atoms with Gasteiger partial charge in [0, 0.05) is 6.54 Å². The lowest BCUT2D eigenvalue weighted by atomic mass is 10.2. The largest absolute Gasteiger partial charge is 0.392 e. The fourth-order valence-electron chi connectivity index (χ4n) is 1.75. The van der Waals surface area contributed by atoms with Gasteiger partial charge in [0.1, 0.15) is 6.10 Å². The van der Waals surface area contributed by atoms with Crippen molar-refractivity contribution in [3.63, 3.8) is 0 Å². The molecule has 5 N–H and O–H groups in total. The molecule has 22 heavy (non-hydrogen) atoms. The summed E-state index contributed by atoms with van der Waals surface area (Å²) in [7, 11) is 1.84. The lowest BCUT2D eigenvalue weighted by Gasteiger charge is -2.40. The normalized spacial score (nSPS) is 29.9. The number of hydrogen-bond acceptors (Lipinski definition) is 10. The summed E-state index contributed by atoms with van der Waals surface area (Å²) < 4.78 is 20.9. The topological polar surface area (TPSA) is 133 Å². The van der Waals surface area contributed by atoms with Gasteiger partial charge in [-0.05, 0) is 7.05 Å². The van der Waals surface area contributed by atoms with Gasteiger partial charge in [-0.2, -0.15) is 0 Å². The fourth-order valence-corrected chi connectivity index (χ4v) is 1.75. The predicted octanol–water partition coefficient (Wildman–Crippen LogP) is -2.70. The highest BCUT2D eigenvalue weighted by atomic mass is 16.7. The van der Waals surface area contributed by atoms with E-state index < -0.39 is 31.5 Å². The number of aliphatic hydroxyl groups excluding tert-OH is 3. The van der Waals surface area contributed by atoms with Crippen LogP contribution in [-0.2, 0) is 18.9 Å². The van der Waals surface area contributed by atoms with E-state index in [9.17, 15) is 15.4 Å².